The Labute approximate surface area is 152 Å². The SMILES string of the molecule is CC(C)CC(c1nnnn1C(C)C)N1CCN(C2CCCCC2)CC1. The topological polar surface area (TPSA) is 50.1 Å². The second-order valence-electron chi connectivity index (χ2n) is 8.58. The van der Waals surface area contributed by atoms with Crippen molar-refractivity contribution < 1.29 is 0 Å². The molecule has 2 fully saturated rings. The van der Waals surface area contributed by atoms with Gasteiger partial charge in [-0.3, -0.25) is 9.80 Å². The molecule has 0 bridgehead atoms. The Morgan fingerprint density at radius 3 is 2.24 bits per heavy atom. The van der Waals surface area contributed by atoms with Crippen LogP contribution in [0.3, 0.4) is 0 Å². The maximum Gasteiger partial charge on any atom is 0.168 e. The first kappa shape index (κ1) is 18.8. The third-order valence-corrected chi connectivity index (χ3v) is 5.88. The number of aromatic nitrogens is 4. The fraction of sp³-hybridized carbons (Fsp3) is 0.947. The van der Waals surface area contributed by atoms with Crippen LogP contribution in [0.25, 0.3) is 0 Å². The standard InChI is InChI=1S/C19H36N6/c1-15(2)14-18(19-20-21-22-25(19)16(3)4)24-12-10-23(11-13-24)17-8-6-5-7-9-17/h15-18H,5-14H2,1-4H3. The second-order valence-corrected chi connectivity index (χ2v) is 8.58. The van der Waals surface area contributed by atoms with Crippen molar-refractivity contribution in [2.24, 2.45) is 5.92 Å². The van der Waals surface area contributed by atoms with E-state index in [-0.39, 0.29) is 0 Å². The van der Waals surface area contributed by atoms with E-state index in [9.17, 15) is 0 Å². The van der Waals surface area contributed by atoms with Gasteiger partial charge in [-0.15, -0.1) is 5.10 Å². The van der Waals surface area contributed by atoms with Gasteiger partial charge in [-0.2, -0.15) is 0 Å². The molecule has 142 valence electrons. The highest BCUT2D eigenvalue weighted by atomic mass is 15.6. The number of rotatable bonds is 6. The summed E-state index contributed by atoms with van der Waals surface area (Å²) in [5.41, 5.74) is 0. The highest BCUT2D eigenvalue weighted by Gasteiger charge is 2.32. The summed E-state index contributed by atoms with van der Waals surface area (Å²) in [6.07, 6.45) is 8.21. The van der Waals surface area contributed by atoms with Gasteiger partial charge in [0.15, 0.2) is 5.82 Å². The van der Waals surface area contributed by atoms with E-state index in [1.165, 1.54) is 45.2 Å². The normalized spacial score (nSPS) is 22.8. The molecule has 3 rings (SSSR count). The van der Waals surface area contributed by atoms with Crippen molar-refractivity contribution in [3.8, 4) is 0 Å². The van der Waals surface area contributed by atoms with Crippen molar-refractivity contribution in [3.63, 3.8) is 0 Å². The van der Waals surface area contributed by atoms with Crippen molar-refractivity contribution in [1.82, 2.24) is 30.0 Å². The van der Waals surface area contributed by atoms with Crippen LogP contribution in [0, 0.1) is 5.92 Å². The molecule has 0 radical (unpaired) electrons. The van der Waals surface area contributed by atoms with Gasteiger partial charge in [0.1, 0.15) is 0 Å². The molecule has 1 aliphatic carbocycles. The van der Waals surface area contributed by atoms with E-state index >= 15 is 0 Å². The Balaban J connectivity index is 1.67. The van der Waals surface area contributed by atoms with Crippen LogP contribution in [0.2, 0.25) is 0 Å². The van der Waals surface area contributed by atoms with E-state index in [2.05, 4.69) is 53.0 Å². The van der Waals surface area contributed by atoms with E-state index in [1.54, 1.807) is 0 Å². The van der Waals surface area contributed by atoms with Gasteiger partial charge in [-0.05, 0) is 49.5 Å². The maximum atomic E-state index is 4.42. The zero-order valence-corrected chi connectivity index (χ0v) is 16.6. The van der Waals surface area contributed by atoms with Gasteiger partial charge in [0.25, 0.3) is 0 Å². The molecule has 1 saturated heterocycles. The highest BCUT2D eigenvalue weighted by Crippen LogP contribution is 2.30. The first-order chi connectivity index (χ1) is 12.1. The molecule has 2 heterocycles. The zero-order valence-electron chi connectivity index (χ0n) is 16.6. The van der Waals surface area contributed by atoms with Gasteiger partial charge < -0.3 is 0 Å². The lowest BCUT2D eigenvalue weighted by Gasteiger charge is -2.43. The summed E-state index contributed by atoms with van der Waals surface area (Å²) < 4.78 is 2.01. The zero-order chi connectivity index (χ0) is 17.8. The summed E-state index contributed by atoms with van der Waals surface area (Å²) in [5, 5.41) is 12.6. The average molecular weight is 349 g/mol. The molecule has 1 saturated carbocycles. The van der Waals surface area contributed by atoms with Crippen LogP contribution in [0.15, 0.2) is 0 Å². The van der Waals surface area contributed by atoms with Crippen molar-refractivity contribution in [2.45, 2.75) is 84.3 Å². The monoisotopic (exact) mass is 348 g/mol. The minimum absolute atomic E-state index is 0.309. The summed E-state index contributed by atoms with van der Waals surface area (Å²) in [5.74, 6) is 1.69. The molecule has 1 aromatic rings. The van der Waals surface area contributed by atoms with Crippen molar-refractivity contribution in [1.29, 1.82) is 0 Å². The molecule has 0 spiro atoms. The summed E-state index contributed by atoms with van der Waals surface area (Å²) in [7, 11) is 0. The average Bonchev–Trinajstić information content (AvgIpc) is 3.10. The fourth-order valence-corrected chi connectivity index (χ4v) is 4.51. The molecule has 25 heavy (non-hydrogen) atoms. The predicted octanol–water partition coefficient (Wildman–Crippen LogP) is 3.29. The van der Waals surface area contributed by atoms with Crippen LogP contribution in [0.1, 0.15) is 84.1 Å². The lowest BCUT2D eigenvalue weighted by molar-refractivity contribution is 0.0464. The van der Waals surface area contributed by atoms with Gasteiger partial charge in [-0.1, -0.05) is 33.1 Å². The number of tetrazole rings is 1. The second kappa shape index (κ2) is 8.58. The van der Waals surface area contributed by atoms with Crippen LogP contribution in [-0.4, -0.2) is 62.2 Å². The maximum absolute atomic E-state index is 4.42. The largest absolute Gasteiger partial charge is 0.298 e. The first-order valence-electron chi connectivity index (χ1n) is 10.3. The Morgan fingerprint density at radius 1 is 0.960 bits per heavy atom. The summed E-state index contributed by atoms with van der Waals surface area (Å²) in [4.78, 5) is 5.37. The molecule has 1 aromatic heterocycles. The van der Waals surface area contributed by atoms with Gasteiger partial charge in [-0.25, -0.2) is 4.68 Å². The van der Waals surface area contributed by atoms with Crippen LogP contribution >= 0.6 is 0 Å². The molecular weight excluding hydrogens is 312 g/mol. The Kier molecular flexibility index (Phi) is 6.44. The molecule has 0 amide bonds. The molecule has 1 aliphatic heterocycles. The van der Waals surface area contributed by atoms with E-state index in [0.29, 0.717) is 18.0 Å². The van der Waals surface area contributed by atoms with Crippen LogP contribution in [0.4, 0.5) is 0 Å². The van der Waals surface area contributed by atoms with E-state index < -0.39 is 0 Å². The molecular formula is C19H36N6. The lowest BCUT2D eigenvalue weighted by atomic mass is 9.93. The van der Waals surface area contributed by atoms with Crippen LogP contribution in [-0.2, 0) is 0 Å². The van der Waals surface area contributed by atoms with Crippen LogP contribution in [0.5, 0.6) is 0 Å². The number of nitrogens with zero attached hydrogens (tertiary/aromatic N) is 6. The number of piperazine rings is 1. The van der Waals surface area contributed by atoms with Gasteiger partial charge in [0, 0.05) is 32.2 Å². The minimum atomic E-state index is 0.309. The molecule has 1 atom stereocenters. The van der Waals surface area contributed by atoms with Crippen LogP contribution < -0.4 is 0 Å². The van der Waals surface area contributed by atoms with Gasteiger partial charge in [0.05, 0.1) is 12.1 Å². The van der Waals surface area contributed by atoms with E-state index in [0.717, 1.165) is 31.4 Å². The Bertz CT molecular complexity index is 512. The number of hydrogen-bond donors (Lipinski definition) is 0. The fourth-order valence-electron chi connectivity index (χ4n) is 4.51. The van der Waals surface area contributed by atoms with Crippen molar-refractivity contribution in [3.05, 3.63) is 5.82 Å². The molecule has 6 nitrogen and oxygen atoms in total. The van der Waals surface area contributed by atoms with E-state index in [4.69, 9.17) is 0 Å². The Hall–Kier alpha value is -1.01. The Morgan fingerprint density at radius 2 is 1.64 bits per heavy atom. The highest BCUT2D eigenvalue weighted by molar-refractivity contribution is 4.97. The lowest BCUT2D eigenvalue weighted by Crippen LogP contribution is -2.52. The molecule has 1 unspecified atom stereocenters. The number of hydrogen-bond acceptors (Lipinski definition) is 5. The summed E-state index contributed by atoms with van der Waals surface area (Å²) in [6.45, 7) is 13.6. The molecule has 0 N–H and O–H groups in total. The molecule has 0 aromatic carbocycles. The van der Waals surface area contributed by atoms with Gasteiger partial charge >= 0.3 is 0 Å². The van der Waals surface area contributed by atoms with E-state index in [1.807, 2.05) is 4.68 Å². The van der Waals surface area contributed by atoms with Gasteiger partial charge in [0.2, 0.25) is 0 Å². The molecule has 2 aliphatic rings. The third-order valence-electron chi connectivity index (χ3n) is 5.88. The quantitative estimate of drug-likeness (QED) is 0.789. The summed E-state index contributed by atoms with van der Waals surface area (Å²) >= 11 is 0. The minimum Gasteiger partial charge on any atom is -0.298 e. The third kappa shape index (κ3) is 4.59. The van der Waals surface area contributed by atoms with Crippen molar-refractivity contribution >= 4 is 0 Å². The predicted molar refractivity (Wildman–Crippen MR) is 100 cm³/mol. The van der Waals surface area contributed by atoms with Crippen molar-refractivity contribution in [2.75, 3.05) is 26.2 Å². The summed E-state index contributed by atoms with van der Waals surface area (Å²) in [6, 6.07) is 1.48. The smallest absolute Gasteiger partial charge is 0.168 e. The first-order valence-corrected chi connectivity index (χ1v) is 10.3. The molecule has 6 heteroatoms.